The highest BCUT2D eigenvalue weighted by Gasteiger charge is 2.15. The molecule has 0 saturated carbocycles. The monoisotopic (exact) mass is 517 g/mol. The molecule has 1 heteroatoms. The van der Waals surface area contributed by atoms with Gasteiger partial charge in [0.2, 0.25) is 0 Å². The number of allylic oxidation sites excluding steroid dienone is 23. The van der Waals surface area contributed by atoms with E-state index >= 15 is 0 Å². The van der Waals surface area contributed by atoms with Gasteiger partial charge in [-0.3, -0.25) is 0 Å². The molecule has 2 unspecified atom stereocenters. The Morgan fingerprint density at radius 2 is 1.87 bits per heavy atom. The highest BCUT2D eigenvalue weighted by Crippen LogP contribution is 2.30. The summed E-state index contributed by atoms with van der Waals surface area (Å²) in [7, 11) is 0. The van der Waals surface area contributed by atoms with Gasteiger partial charge in [-0.15, -0.1) is 0 Å². The van der Waals surface area contributed by atoms with Gasteiger partial charge in [0.05, 0.1) is 0 Å². The maximum absolute atomic E-state index is 4.20. The lowest BCUT2D eigenvalue weighted by Crippen LogP contribution is -2.18. The molecule has 0 spiro atoms. The van der Waals surface area contributed by atoms with E-state index < -0.39 is 0 Å². The van der Waals surface area contributed by atoms with Gasteiger partial charge in [0.15, 0.2) is 0 Å². The minimum absolute atomic E-state index is 0.403. The first-order chi connectivity index (χ1) is 19.1. The normalized spacial score (nSPS) is 24.5. The summed E-state index contributed by atoms with van der Waals surface area (Å²) in [4.78, 5) is 2.30. The van der Waals surface area contributed by atoms with Crippen LogP contribution >= 0.6 is 0 Å². The molecule has 3 aliphatic carbocycles. The van der Waals surface area contributed by atoms with Gasteiger partial charge < -0.3 is 4.90 Å². The van der Waals surface area contributed by atoms with Crippen molar-refractivity contribution in [3.05, 3.63) is 156 Å². The van der Waals surface area contributed by atoms with Crippen molar-refractivity contribution in [2.45, 2.75) is 65.7 Å². The Balaban J connectivity index is 1.88. The Labute approximate surface area is 238 Å². The van der Waals surface area contributed by atoms with Crippen molar-refractivity contribution in [2.24, 2.45) is 11.8 Å². The van der Waals surface area contributed by atoms with Gasteiger partial charge in [0.1, 0.15) is 0 Å². The summed E-state index contributed by atoms with van der Waals surface area (Å²) < 4.78 is 0. The molecule has 0 saturated heterocycles. The van der Waals surface area contributed by atoms with E-state index in [-0.39, 0.29) is 0 Å². The van der Waals surface area contributed by atoms with Gasteiger partial charge in [-0.1, -0.05) is 110 Å². The average molecular weight is 518 g/mol. The van der Waals surface area contributed by atoms with Crippen LogP contribution in [0.4, 0.5) is 0 Å². The first-order valence-corrected chi connectivity index (χ1v) is 14.7. The van der Waals surface area contributed by atoms with Crippen molar-refractivity contribution in [1.82, 2.24) is 4.90 Å². The van der Waals surface area contributed by atoms with Crippen LogP contribution in [0.3, 0.4) is 0 Å². The van der Waals surface area contributed by atoms with Crippen LogP contribution in [0.5, 0.6) is 0 Å². The lowest BCUT2D eigenvalue weighted by molar-refractivity contribution is 0.561. The van der Waals surface area contributed by atoms with Crippen LogP contribution in [0.15, 0.2) is 156 Å². The van der Waals surface area contributed by atoms with E-state index in [1.165, 1.54) is 17.6 Å². The molecule has 0 aromatic rings. The third-order valence-electron chi connectivity index (χ3n) is 7.12. The summed E-state index contributed by atoms with van der Waals surface area (Å²) in [5, 5.41) is 0. The minimum Gasteiger partial charge on any atom is -0.315 e. The maximum atomic E-state index is 4.20. The summed E-state index contributed by atoms with van der Waals surface area (Å²) in [6.07, 6.45) is 52.5. The van der Waals surface area contributed by atoms with Crippen molar-refractivity contribution >= 4 is 0 Å². The first-order valence-electron chi connectivity index (χ1n) is 14.7. The molecule has 2 atom stereocenters. The van der Waals surface area contributed by atoms with E-state index in [2.05, 4.69) is 148 Å². The van der Waals surface area contributed by atoms with E-state index in [0.29, 0.717) is 11.8 Å². The zero-order chi connectivity index (χ0) is 27.7. The zero-order valence-corrected chi connectivity index (χ0v) is 24.3. The van der Waals surface area contributed by atoms with Gasteiger partial charge in [0, 0.05) is 23.0 Å². The van der Waals surface area contributed by atoms with Crippen molar-refractivity contribution in [1.29, 1.82) is 0 Å². The standard InChI is InChI=1S/C38H47N/c1-5-7-15-20-33(4)39(38-24-16-13-11-9-8-10-12-14-17-25-38)37(6-2)26-19-22-34-21-18-23-36(31-34)35-29-27-32(3)28-30-35/h6-7,9,11,14-20,22-29,31,34-35H,2,5,8,10,12-13,21,30H2,1,3-4H3/b11-9-,15-7-,17-14+,22-19+,24-16?,33-20+,37-26+,38-25?. The fourth-order valence-electron chi connectivity index (χ4n) is 4.90. The van der Waals surface area contributed by atoms with Crippen LogP contribution in [-0.4, -0.2) is 4.90 Å². The maximum Gasteiger partial charge on any atom is 0.0455 e. The third kappa shape index (κ3) is 10.2. The summed E-state index contributed by atoms with van der Waals surface area (Å²) in [5.74, 6) is 0.892. The van der Waals surface area contributed by atoms with E-state index in [4.69, 9.17) is 0 Å². The second-order valence-corrected chi connectivity index (χ2v) is 10.3. The van der Waals surface area contributed by atoms with Gasteiger partial charge in [-0.2, -0.15) is 0 Å². The van der Waals surface area contributed by atoms with Gasteiger partial charge in [-0.25, -0.2) is 0 Å². The number of nitrogens with zero attached hydrogens (tertiary/aromatic N) is 1. The quantitative estimate of drug-likeness (QED) is 0.217. The van der Waals surface area contributed by atoms with Crippen LogP contribution in [0.2, 0.25) is 0 Å². The van der Waals surface area contributed by atoms with Crippen LogP contribution in [0, 0.1) is 11.8 Å². The predicted molar refractivity (Wildman–Crippen MR) is 173 cm³/mol. The van der Waals surface area contributed by atoms with E-state index in [0.717, 1.165) is 55.6 Å². The predicted octanol–water partition coefficient (Wildman–Crippen LogP) is 10.9. The van der Waals surface area contributed by atoms with Gasteiger partial charge in [-0.05, 0) is 101 Å². The minimum atomic E-state index is 0.403. The summed E-state index contributed by atoms with van der Waals surface area (Å²) in [6.45, 7) is 10.7. The smallest absolute Gasteiger partial charge is 0.0455 e. The molecule has 3 rings (SSSR count). The molecule has 0 aliphatic heterocycles. The van der Waals surface area contributed by atoms with Crippen LogP contribution in [0.25, 0.3) is 0 Å². The Morgan fingerprint density at radius 3 is 2.67 bits per heavy atom. The number of hydrogen-bond acceptors (Lipinski definition) is 1. The lowest BCUT2D eigenvalue weighted by Gasteiger charge is -2.27. The summed E-state index contributed by atoms with van der Waals surface area (Å²) >= 11 is 0. The third-order valence-corrected chi connectivity index (χ3v) is 7.12. The van der Waals surface area contributed by atoms with Crippen molar-refractivity contribution in [2.75, 3.05) is 0 Å². The molecule has 0 aromatic heterocycles. The molecule has 0 bridgehead atoms. The van der Waals surface area contributed by atoms with Crippen LogP contribution < -0.4 is 0 Å². The Bertz CT molecular complexity index is 1180. The molecule has 1 nitrogen and oxygen atoms in total. The largest absolute Gasteiger partial charge is 0.315 e. The van der Waals surface area contributed by atoms with E-state index in [1.807, 2.05) is 6.08 Å². The molecule has 39 heavy (non-hydrogen) atoms. The Morgan fingerprint density at radius 1 is 1.00 bits per heavy atom. The summed E-state index contributed by atoms with van der Waals surface area (Å²) in [6, 6.07) is 0. The SMILES string of the molecule is C=C/C(=C\C=C\C1C=C(C2C=CC(C)=CC2)C=CC1)N(C1=C/C=C/CCC/C=C\CC=C1)/C(C)=C/C=C\CC. The topological polar surface area (TPSA) is 3.24 Å². The molecular weight excluding hydrogens is 470 g/mol. The number of rotatable bonds is 9. The molecule has 204 valence electrons. The second kappa shape index (κ2) is 17.1. The molecule has 3 aliphatic rings. The first kappa shape index (κ1) is 30.0. The fourth-order valence-corrected chi connectivity index (χ4v) is 4.90. The fraction of sp³-hybridized carbons (Fsp3) is 0.316. The molecule has 0 fully saturated rings. The van der Waals surface area contributed by atoms with Crippen molar-refractivity contribution < 1.29 is 0 Å². The van der Waals surface area contributed by atoms with Gasteiger partial charge >= 0.3 is 0 Å². The molecule has 0 radical (unpaired) electrons. The van der Waals surface area contributed by atoms with Gasteiger partial charge in [0.25, 0.3) is 0 Å². The molecule has 0 heterocycles. The van der Waals surface area contributed by atoms with Crippen molar-refractivity contribution in [3.63, 3.8) is 0 Å². The summed E-state index contributed by atoms with van der Waals surface area (Å²) in [5.41, 5.74) is 6.14. The Kier molecular flexibility index (Phi) is 13.1. The average Bonchev–Trinajstić information content (AvgIpc) is 2.94. The molecular formula is C38H47N. The van der Waals surface area contributed by atoms with E-state index in [1.54, 1.807) is 0 Å². The van der Waals surface area contributed by atoms with Crippen LogP contribution in [-0.2, 0) is 0 Å². The molecule has 0 N–H and O–H groups in total. The highest BCUT2D eigenvalue weighted by atomic mass is 15.2. The zero-order valence-electron chi connectivity index (χ0n) is 24.3. The Hall–Kier alpha value is -3.58. The highest BCUT2D eigenvalue weighted by molar-refractivity contribution is 5.39. The molecule has 0 amide bonds. The van der Waals surface area contributed by atoms with E-state index in [9.17, 15) is 0 Å². The van der Waals surface area contributed by atoms with Crippen molar-refractivity contribution in [3.8, 4) is 0 Å². The molecule has 0 aromatic carbocycles. The van der Waals surface area contributed by atoms with Crippen LogP contribution in [0.1, 0.15) is 65.7 Å². The number of hydrogen-bond donors (Lipinski definition) is 0. The lowest BCUT2D eigenvalue weighted by atomic mass is 9.84. The second-order valence-electron chi connectivity index (χ2n) is 10.3.